The van der Waals surface area contributed by atoms with Crippen LogP contribution in [-0.2, 0) is 6.42 Å². The Morgan fingerprint density at radius 2 is 1.70 bits per heavy atom. The molecule has 0 bridgehead atoms. The van der Waals surface area contributed by atoms with Gasteiger partial charge in [0.25, 0.3) is 0 Å². The van der Waals surface area contributed by atoms with E-state index in [9.17, 15) is 8.78 Å². The van der Waals surface area contributed by atoms with Gasteiger partial charge < -0.3 is 15.4 Å². The maximum Gasteiger partial charge on any atom is 0.149 e. The molecule has 0 spiro atoms. The van der Waals surface area contributed by atoms with Crippen molar-refractivity contribution in [3.05, 3.63) is 71.6 Å². The van der Waals surface area contributed by atoms with Crippen LogP contribution in [0.1, 0.15) is 11.4 Å². The number of methoxy groups -OCH3 is 1. The van der Waals surface area contributed by atoms with Crippen molar-refractivity contribution >= 4 is 17.3 Å². The molecule has 1 aromatic heterocycles. The summed E-state index contributed by atoms with van der Waals surface area (Å²) in [6.45, 7) is 2.42. The van der Waals surface area contributed by atoms with E-state index in [0.29, 0.717) is 24.0 Å². The lowest BCUT2D eigenvalue weighted by Crippen LogP contribution is -2.08. The van der Waals surface area contributed by atoms with Crippen molar-refractivity contribution < 1.29 is 13.5 Å². The topological polar surface area (TPSA) is 59.1 Å². The van der Waals surface area contributed by atoms with Gasteiger partial charge in [-0.3, -0.25) is 0 Å². The second-order valence-electron chi connectivity index (χ2n) is 5.96. The summed E-state index contributed by atoms with van der Waals surface area (Å²) in [6.07, 6.45) is 0.808. The van der Waals surface area contributed by atoms with Gasteiger partial charge in [0.15, 0.2) is 0 Å². The standard InChI is InChI=1S/C20H20F2N4O/c1-13-24-19(23-10-9-14-3-6-16(27-2)7-4-14)12-20(25-13)26-18-8-5-15(21)11-17(18)22/h3-8,11-12H,9-10H2,1-2H3,(H2,23,24,25,26). The van der Waals surface area contributed by atoms with Crippen LogP contribution in [0.15, 0.2) is 48.5 Å². The van der Waals surface area contributed by atoms with E-state index in [1.165, 1.54) is 17.7 Å². The molecule has 140 valence electrons. The molecule has 0 aliphatic rings. The Morgan fingerprint density at radius 1 is 0.963 bits per heavy atom. The van der Waals surface area contributed by atoms with E-state index in [1.54, 1.807) is 20.1 Å². The lowest BCUT2D eigenvalue weighted by molar-refractivity contribution is 0.414. The molecule has 0 radical (unpaired) electrons. The van der Waals surface area contributed by atoms with Crippen LogP contribution in [0.4, 0.5) is 26.1 Å². The number of nitrogens with one attached hydrogen (secondary N) is 2. The molecular formula is C20H20F2N4O. The van der Waals surface area contributed by atoms with Crippen LogP contribution in [0.5, 0.6) is 5.75 Å². The van der Waals surface area contributed by atoms with E-state index in [2.05, 4.69) is 20.6 Å². The number of halogens is 2. The second-order valence-corrected chi connectivity index (χ2v) is 5.96. The fourth-order valence-electron chi connectivity index (χ4n) is 2.58. The zero-order chi connectivity index (χ0) is 19.2. The second kappa shape index (κ2) is 8.44. The molecule has 7 heteroatoms. The van der Waals surface area contributed by atoms with Gasteiger partial charge in [0.05, 0.1) is 12.8 Å². The smallest absolute Gasteiger partial charge is 0.149 e. The fraction of sp³-hybridized carbons (Fsp3) is 0.200. The molecule has 3 aromatic rings. The predicted octanol–water partition coefficient (Wildman–Crippen LogP) is 4.47. The van der Waals surface area contributed by atoms with E-state index in [1.807, 2.05) is 24.3 Å². The first kappa shape index (κ1) is 18.6. The van der Waals surface area contributed by atoms with Crippen LogP contribution < -0.4 is 15.4 Å². The molecule has 1 heterocycles. The van der Waals surface area contributed by atoms with E-state index < -0.39 is 11.6 Å². The van der Waals surface area contributed by atoms with Gasteiger partial charge >= 0.3 is 0 Å². The number of ether oxygens (including phenoxy) is 1. The van der Waals surface area contributed by atoms with Crippen LogP contribution in [0.3, 0.4) is 0 Å². The van der Waals surface area contributed by atoms with Gasteiger partial charge in [-0.25, -0.2) is 18.7 Å². The summed E-state index contributed by atoms with van der Waals surface area (Å²) < 4.78 is 32.0. The van der Waals surface area contributed by atoms with Crippen molar-refractivity contribution in [1.29, 1.82) is 0 Å². The van der Waals surface area contributed by atoms with Crippen molar-refractivity contribution in [2.24, 2.45) is 0 Å². The number of benzene rings is 2. The summed E-state index contributed by atoms with van der Waals surface area (Å²) in [5.41, 5.74) is 1.32. The maximum atomic E-state index is 13.8. The quantitative estimate of drug-likeness (QED) is 0.643. The predicted molar refractivity (Wildman–Crippen MR) is 102 cm³/mol. The van der Waals surface area contributed by atoms with Crippen LogP contribution in [0.2, 0.25) is 0 Å². The lowest BCUT2D eigenvalue weighted by Gasteiger charge is -2.11. The Labute approximate surface area is 156 Å². The molecule has 0 unspecified atom stereocenters. The molecule has 0 atom stereocenters. The first-order valence-corrected chi connectivity index (χ1v) is 8.48. The minimum absolute atomic E-state index is 0.152. The highest BCUT2D eigenvalue weighted by Gasteiger charge is 2.07. The summed E-state index contributed by atoms with van der Waals surface area (Å²) in [5.74, 6) is 1.11. The van der Waals surface area contributed by atoms with Crippen molar-refractivity contribution in [3.63, 3.8) is 0 Å². The first-order chi connectivity index (χ1) is 13.0. The number of aryl methyl sites for hydroxylation is 1. The fourth-order valence-corrected chi connectivity index (χ4v) is 2.58. The molecule has 0 aliphatic carbocycles. The molecule has 27 heavy (non-hydrogen) atoms. The number of rotatable bonds is 7. The van der Waals surface area contributed by atoms with Crippen LogP contribution >= 0.6 is 0 Å². The maximum absolute atomic E-state index is 13.8. The number of aromatic nitrogens is 2. The zero-order valence-electron chi connectivity index (χ0n) is 15.1. The van der Waals surface area contributed by atoms with Crippen molar-refractivity contribution in [1.82, 2.24) is 9.97 Å². The van der Waals surface area contributed by atoms with E-state index in [0.717, 1.165) is 18.2 Å². The molecule has 0 fully saturated rings. The number of hydrogen-bond acceptors (Lipinski definition) is 5. The lowest BCUT2D eigenvalue weighted by atomic mass is 10.1. The highest BCUT2D eigenvalue weighted by atomic mass is 19.1. The molecular weight excluding hydrogens is 350 g/mol. The summed E-state index contributed by atoms with van der Waals surface area (Å²) in [4.78, 5) is 8.58. The molecule has 2 aromatic carbocycles. The highest BCUT2D eigenvalue weighted by Crippen LogP contribution is 2.21. The third-order valence-electron chi connectivity index (χ3n) is 3.91. The van der Waals surface area contributed by atoms with Gasteiger partial charge in [0.1, 0.15) is 34.8 Å². The van der Waals surface area contributed by atoms with Crippen LogP contribution in [0.25, 0.3) is 0 Å². The normalized spacial score (nSPS) is 10.5. The third-order valence-corrected chi connectivity index (χ3v) is 3.91. The first-order valence-electron chi connectivity index (χ1n) is 8.48. The Balaban J connectivity index is 1.64. The summed E-state index contributed by atoms with van der Waals surface area (Å²) in [5, 5.41) is 6.09. The Morgan fingerprint density at radius 3 is 2.41 bits per heavy atom. The minimum atomic E-state index is -0.680. The average molecular weight is 370 g/mol. The Hall–Kier alpha value is -3.22. The highest BCUT2D eigenvalue weighted by molar-refractivity contribution is 5.59. The zero-order valence-corrected chi connectivity index (χ0v) is 15.1. The monoisotopic (exact) mass is 370 g/mol. The largest absolute Gasteiger partial charge is 0.497 e. The summed E-state index contributed by atoms with van der Waals surface area (Å²) in [7, 11) is 1.64. The number of anilines is 3. The molecule has 0 saturated heterocycles. The van der Waals surface area contributed by atoms with Gasteiger partial charge in [0.2, 0.25) is 0 Å². The van der Waals surface area contributed by atoms with Gasteiger partial charge in [-0.2, -0.15) is 0 Å². The van der Waals surface area contributed by atoms with Gasteiger partial charge in [-0.1, -0.05) is 12.1 Å². The van der Waals surface area contributed by atoms with Crippen LogP contribution in [-0.4, -0.2) is 23.6 Å². The summed E-state index contributed by atoms with van der Waals surface area (Å²) >= 11 is 0. The van der Waals surface area contributed by atoms with E-state index in [-0.39, 0.29) is 5.69 Å². The Bertz CT molecular complexity index is 916. The van der Waals surface area contributed by atoms with E-state index >= 15 is 0 Å². The third kappa shape index (κ3) is 5.13. The molecule has 2 N–H and O–H groups in total. The van der Waals surface area contributed by atoms with Crippen LogP contribution in [0, 0.1) is 18.6 Å². The van der Waals surface area contributed by atoms with Gasteiger partial charge in [-0.15, -0.1) is 0 Å². The Kier molecular flexibility index (Phi) is 5.80. The van der Waals surface area contributed by atoms with Crippen molar-refractivity contribution in [2.75, 3.05) is 24.3 Å². The average Bonchev–Trinajstić information content (AvgIpc) is 2.64. The molecule has 5 nitrogen and oxygen atoms in total. The number of hydrogen-bond donors (Lipinski definition) is 2. The molecule has 0 amide bonds. The molecule has 3 rings (SSSR count). The minimum Gasteiger partial charge on any atom is -0.497 e. The van der Waals surface area contributed by atoms with Crippen molar-refractivity contribution in [3.8, 4) is 5.75 Å². The number of nitrogens with zero attached hydrogens (tertiary/aromatic N) is 2. The summed E-state index contributed by atoms with van der Waals surface area (Å²) in [6, 6.07) is 12.9. The molecule has 0 aliphatic heterocycles. The van der Waals surface area contributed by atoms with Crippen molar-refractivity contribution in [2.45, 2.75) is 13.3 Å². The van der Waals surface area contributed by atoms with Gasteiger partial charge in [0, 0.05) is 18.7 Å². The molecule has 0 saturated carbocycles. The SMILES string of the molecule is COc1ccc(CCNc2cc(Nc3ccc(F)cc3F)nc(C)n2)cc1. The van der Waals surface area contributed by atoms with Gasteiger partial charge in [-0.05, 0) is 43.2 Å². The van der Waals surface area contributed by atoms with E-state index in [4.69, 9.17) is 4.74 Å².